The van der Waals surface area contributed by atoms with Crippen LogP contribution in [-0.4, -0.2) is 11.1 Å². The van der Waals surface area contributed by atoms with Crippen molar-refractivity contribution in [3.05, 3.63) is 23.8 Å². The molecule has 0 saturated heterocycles. The van der Waals surface area contributed by atoms with Crippen molar-refractivity contribution in [1.82, 2.24) is 0 Å². The molecule has 1 aliphatic rings. The molecule has 1 heterocycles. The summed E-state index contributed by atoms with van der Waals surface area (Å²) in [6.45, 7) is 1.72. The monoisotopic (exact) mass is 164 g/mol. The van der Waals surface area contributed by atoms with Crippen molar-refractivity contribution in [3.8, 4) is 11.5 Å². The van der Waals surface area contributed by atoms with E-state index in [0.29, 0.717) is 11.3 Å². The number of carbonyl (C=O) groups is 1. The van der Waals surface area contributed by atoms with E-state index in [2.05, 4.69) is 0 Å². The average molecular weight is 164 g/mol. The summed E-state index contributed by atoms with van der Waals surface area (Å²) in [6, 6.07) is 4.88. The number of rotatable bonds is 0. The Hall–Kier alpha value is -1.51. The lowest BCUT2D eigenvalue weighted by molar-refractivity contribution is -0.133. The normalized spacial score (nSPS) is 20.4. The fourth-order valence-corrected chi connectivity index (χ4v) is 1.37. The summed E-state index contributed by atoms with van der Waals surface area (Å²) >= 11 is 0. The molecular weight excluding hydrogens is 156 g/mol. The van der Waals surface area contributed by atoms with E-state index in [-0.39, 0.29) is 17.6 Å². The van der Waals surface area contributed by atoms with Crippen LogP contribution in [0.1, 0.15) is 18.4 Å². The van der Waals surface area contributed by atoms with Gasteiger partial charge in [0.25, 0.3) is 0 Å². The molecule has 0 saturated carbocycles. The zero-order valence-corrected chi connectivity index (χ0v) is 6.57. The largest absolute Gasteiger partial charge is 0.508 e. The number of aromatic hydroxyl groups is 1. The zero-order valence-electron chi connectivity index (χ0n) is 6.57. The predicted molar refractivity (Wildman–Crippen MR) is 42.2 cm³/mol. The van der Waals surface area contributed by atoms with Crippen molar-refractivity contribution in [2.45, 2.75) is 12.8 Å². The molecule has 0 fully saturated rings. The number of carbonyl (C=O) groups excluding carboxylic acids is 1. The molecule has 0 radical (unpaired) electrons. The van der Waals surface area contributed by atoms with Gasteiger partial charge >= 0.3 is 5.97 Å². The standard InChI is InChI=1S/C9H8O3/c1-5-8-6(10)3-2-4-7(8)12-9(5)11/h2-5,10H,1H3. The lowest BCUT2D eigenvalue weighted by atomic mass is 10.0. The first-order valence-corrected chi connectivity index (χ1v) is 3.73. The lowest BCUT2D eigenvalue weighted by Crippen LogP contribution is -2.05. The lowest BCUT2D eigenvalue weighted by Gasteiger charge is -2.00. The quantitative estimate of drug-likeness (QED) is 0.466. The van der Waals surface area contributed by atoms with Gasteiger partial charge in [-0.3, -0.25) is 4.79 Å². The van der Waals surface area contributed by atoms with Gasteiger partial charge in [-0.05, 0) is 19.1 Å². The minimum absolute atomic E-state index is 0.130. The molecular formula is C9H8O3. The van der Waals surface area contributed by atoms with Gasteiger partial charge in [0.15, 0.2) is 0 Å². The van der Waals surface area contributed by atoms with Crippen molar-refractivity contribution in [1.29, 1.82) is 0 Å². The van der Waals surface area contributed by atoms with Crippen LogP contribution in [-0.2, 0) is 4.79 Å². The van der Waals surface area contributed by atoms with Crippen LogP contribution in [0.25, 0.3) is 0 Å². The first kappa shape index (κ1) is 7.16. The van der Waals surface area contributed by atoms with Crippen LogP contribution in [0.15, 0.2) is 18.2 Å². The number of benzene rings is 1. The van der Waals surface area contributed by atoms with Gasteiger partial charge in [0, 0.05) is 0 Å². The van der Waals surface area contributed by atoms with Gasteiger partial charge in [-0.2, -0.15) is 0 Å². The van der Waals surface area contributed by atoms with Crippen LogP contribution < -0.4 is 4.74 Å². The molecule has 0 spiro atoms. The van der Waals surface area contributed by atoms with Crippen LogP contribution in [0.5, 0.6) is 11.5 Å². The Bertz CT molecular complexity index is 344. The molecule has 0 aromatic heterocycles. The van der Waals surface area contributed by atoms with Crippen molar-refractivity contribution in [2.75, 3.05) is 0 Å². The smallest absolute Gasteiger partial charge is 0.318 e. The van der Waals surface area contributed by atoms with Gasteiger partial charge in [-0.1, -0.05) is 6.07 Å². The molecule has 1 atom stereocenters. The second-order valence-corrected chi connectivity index (χ2v) is 2.83. The summed E-state index contributed by atoms with van der Waals surface area (Å²) in [5.41, 5.74) is 0.600. The summed E-state index contributed by atoms with van der Waals surface area (Å²) in [6.07, 6.45) is 0. The number of phenolic OH excluding ortho intramolecular Hbond substituents is 1. The van der Waals surface area contributed by atoms with Crippen LogP contribution in [0.4, 0.5) is 0 Å². The van der Waals surface area contributed by atoms with E-state index in [4.69, 9.17) is 4.74 Å². The van der Waals surface area contributed by atoms with E-state index in [1.54, 1.807) is 25.1 Å². The molecule has 12 heavy (non-hydrogen) atoms. The van der Waals surface area contributed by atoms with Crippen LogP contribution in [0.3, 0.4) is 0 Å². The maximum atomic E-state index is 11.0. The van der Waals surface area contributed by atoms with Crippen molar-refractivity contribution in [2.24, 2.45) is 0 Å². The highest BCUT2D eigenvalue weighted by Crippen LogP contribution is 2.39. The molecule has 1 N–H and O–H groups in total. The first-order chi connectivity index (χ1) is 5.70. The molecule has 2 rings (SSSR count). The second kappa shape index (κ2) is 2.24. The van der Waals surface area contributed by atoms with Crippen LogP contribution in [0.2, 0.25) is 0 Å². The third kappa shape index (κ3) is 0.794. The van der Waals surface area contributed by atoms with E-state index in [1.807, 2.05) is 0 Å². The Morgan fingerprint density at radius 2 is 2.25 bits per heavy atom. The van der Waals surface area contributed by atoms with Gasteiger partial charge < -0.3 is 9.84 Å². The molecule has 1 aliphatic heterocycles. The Labute approximate surface area is 69.6 Å². The van der Waals surface area contributed by atoms with Gasteiger partial charge in [0.2, 0.25) is 0 Å². The Morgan fingerprint density at radius 1 is 1.50 bits per heavy atom. The minimum atomic E-state index is -0.346. The van der Waals surface area contributed by atoms with Gasteiger partial charge in [-0.15, -0.1) is 0 Å². The predicted octanol–water partition coefficient (Wildman–Crippen LogP) is 1.41. The highest BCUT2D eigenvalue weighted by atomic mass is 16.5. The van der Waals surface area contributed by atoms with E-state index in [1.165, 1.54) is 0 Å². The van der Waals surface area contributed by atoms with Crippen LogP contribution >= 0.6 is 0 Å². The topological polar surface area (TPSA) is 46.5 Å². The third-order valence-electron chi connectivity index (χ3n) is 2.04. The molecule has 1 aromatic carbocycles. The second-order valence-electron chi connectivity index (χ2n) is 2.83. The molecule has 62 valence electrons. The summed E-state index contributed by atoms with van der Waals surface area (Å²) in [4.78, 5) is 11.0. The summed E-state index contributed by atoms with van der Waals surface area (Å²) in [5, 5.41) is 9.39. The number of esters is 1. The van der Waals surface area contributed by atoms with E-state index < -0.39 is 0 Å². The summed E-state index contributed by atoms with van der Waals surface area (Å²) < 4.78 is 4.90. The Balaban J connectivity index is 2.62. The van der Waals surface area contributed by atoms with Gasteiger partial charge in [-0.25, -0.2) is 0 Å². The highest BCUT2D eigenvalue weighted by Gasteiger charge is 2.31. The van der Waals surface area contributed by atoms with E-state index in [9.17, 15) is 9.90 Å². The van der Waals surface area contributed by atoms with Crippen molar-refractivity contribution < 1.29 is 14.6 Å². The van der Waals surface area contributed by atoms with E-state index in [0.717, 1.165) is 0 Å². The fourth-order valence-electron chi connectivity index (χ4n) is 1.37. The summed E-state index contributed by atoms with van der Waals surface area (Å²) in [5.74, 6) is -0.0361. The third-order valence-corrected chi connectivity index (χ3v) is 2.04. The van der Waals surface area contributed by atoms with Gasteiger partial charge in [0.05, 0.1) is 11.5 Å². The average Bonchev–Trinajstić information content (AvgIpc) is 2.29. The van der Waals surface area contributed by atoms with Crippen molar-refractivity contribution >= 4 is 5.97 Å². The molecule has 0 bridgehead atoms. The minimum Gasteiger partial charge on any atom is -0.508 e. The molecule has 3 heteroatoms. The maximum Gasteiger partial charge on any atom is 0.318 e. The number of ether oxygens (including phenoxy) is 1. The molecule has 1 aromatic rings. The number of fused-ring (bicyclic) bond motifs is 1. The highest BCUT2D eigenvalue weighted by molar-refractivity contribution is 5.86. The Kier molecular flexibility index (Phi) is 1.33. The van der Waals surface area contributed by atoms with Gasteiger partial charge in [0.1, 0.15) is 11.5 Å². The van der Waals surface area contributed by atoms with E-state index >= 15 is 0 Å². The Morgan fingerprint density at radius 3 is 2.92 bits per heavy atom. The first-order valence-electron chi connectivity index (χ1n) is 3.73. The zero-order chi connectivity index (χ0) is 8.72. The summed E-state index contributed by atoms with van der Waals surface area (Å²) in [7, 11) is 0. The number of phenols is 1. The molecule has 0 aliphatic carbocycles. The molecule has 3 nitrogen and oxygen atoms in total. The molecule has 0 amide bonds. The fraction of sp³-hybridized carbons (Fsp3) is 0.222. The SMILES string of the molecule is CC1C(=O)Oc2cccc(O)c21. The number of hydrogen-bond acceptors (Lipinski definition) is 3. The maximum absolute atomic E-state index is 11.0. The van der Waals surface area contributed by atoms with Crippen LogP contribution in [0, 0.1) is 0 Å². The molecule has 1 unspecified atom stereocenters. The number of hydrogen-bond donors (Lipinski definition) is 1. The van der Waals surface area contributed by atoms with Crippen molar-refractivity contribution in [3.63, 3.8) is 0 Å².